The van der Waals surface area contributed by atoms with Gasteiger partial charge in [-0.3, -0.25) is 0 Å². The second-order valence-electron chi connectivity index (χ2n) is 12.0. The zero-order valence-corrected chi connectivity index (χ0v) is 26.1. The van der Waals surface area contributed by atoms with E-state index in [1.165, 1.54) is 73.3 Å². The maximum atomic E-state index is 6.86. The van der Waals surface area contributed by atoms with Crippen molar-refractivity contribution >= 4 is 107 Å². The lowest BCUT2D eigenvalue weighted by Gasteiger charge is -2.09. The fourth-order valence-electron chi connectivity index (χ4n) is 7.69. The highest BCUT2D eigenvalue weighted by atomic mass is 32.1. The van der Waals surface area contributed by atoms with Crippen LogP contribution in [0, 0.1) is 0 Å². The highest BCUT2D eigenvalue weighted by Gasteiger charge is 2.22. The minimum absolute atomic E-state index is 0.908. The average Bonchev–Trinajstić information content (AvgIpc) is 3.86. The molecular weight excluding hydrogens is 599 g/mol. The zero-order chi connectivity index (χ0) is 29.9. The zero-order valence-electron chi connectivity index (χ0n) is 24.5. The van der Waals surface area contributed by atoms with Gasteiger partial charge in [0.1, 0.15) is 5.58 Å². The molecule has 7 aromatic carbocycles. The summed E-state index contributed by atoms with van der Waals surface area (Å²) in [5.74, 6) is 0. The van der Waals surface area contributed by atoms with Crippen molar-refractivity contribution in [1.29, 1.82) is 0 Å². The lowest BCUT2D eigenvalue weighted by molar-refractivity contribution is 0.666. The summed E-state index contributed by atoms with van der Waals surface area (Å²) < 4.78 is 14.6. The van der Waals surface area contributed by atoms with Crippen LogP contribution in [0.4, 0.5) is 0 Å². The van der Waals surface area contributed by atoms with Gasteiger partial charge in [0.15, 0.2) is 5.58 Å². The number of aromatic nitrogens is 1. The molecule has 0 fully saturated rings. The number of furan rings is 1. The predicted octanol–water partition coefficient (Wildman–Crippen LogP) is 13.1. The third-order valence-corrected chi connectivity index (χ3v) is 12.0. The maximum absolute atomic E-state index is 6.86. The number of rotatable bonds is 2. The lowest BCUT2D eigenvalue weighted by atomic mass is 9.97. The van der Waals surface area contributed by atoms with Crippen molar-refractivity contribution in [1.82, 2.24) is 4.57 Å². The van der Waals surface area contributed by atoms with Crippen molar-refractivity contribution in [2.45, 2.75) is 0 Å². The molecule has 46 heavy (non-hydrogen) atoms. The quantitative estimate of drug-likeness (QED) is 0.188. The highest BCUT2D eigenvalue weighted by Crippen LogP contribution is 2.47. The molecule has 11 rings (SSSR count). The van der Waals surface area contributed by atoms with E-state index in [1.807, 2.05) is 22.7 Å². The van der Waals surface area contributed by atoms with Crippen LogP contribution in [-0.4, -0.2) is 4.57 Å². The molecule has 0 aliphatic rings. The van der Waals surface area contributed by atoms with E-state index < -0.39 is 0 Å². The van der Waals surface area contributed by atoms with Crippen LogP contribution in [0.5, 0.6) is 0 Å². The fraction of sp³-hybridized carbons (Fsp3) is 0. The van der Waals surface area contributed by atoms with Crippen LogP contribution in [0.3, 0.4) is 0 Å². The first-order chi connectivity index (χ1) is 22.8. The first kappa shape index (κ1) is 24.8. The monoisotopic (exact) mass is 621 g/mol. The second-order valence-corrected chi connectivity index (χ2v) is 14.1. The van der Waals surface area contributed by atoms with E-state index in [9.17, 15) is 0 Å². The summed E-state index contributed by atoms with van der Waals surface area (Å²) in [5, 5.41) is 10.1. The van der Waals surface area contributed by atoms with Crippen LogP contribution in [0.15, 0.2) is 144 Å². The van der Waals surface area contributed by atoms with E-state index >= 15 is 0 Å². The molecule has 214 valence electrons. The molecule has 4 heteroatoms. The van der Waals surface area contributed by atoms with Crippen molar-refractivity contribution in [3.63, 3.8) is 0 Å². The number of hydrogen-bond acceptors (Lipinski definition) is 3. The summed E-state index contributed by atoms with van der Waals surface area (Å²) in [6.07, 6.45) is 0. The molecule has 0 unspecified atom stereocenters. The van der Waals surface area contributed by atoms with Crippen LogP contribution in [0.25, 0.3) is 101 Å². The number of hydrogen-bond donors (Lipinski definition) is 0. The Morgan fingerprint density at radius 1 is 0.413 bits per heavy atom. The summed E-state index contributed by atoms with van der Waals surface area (Å²) in [6, 6.07) is 50.7. The minimum Gasteiger partial charge on any atom is -0.454 e. The average molecular weight is 622 g/mol. The summed E-state index contributed by atoms with van der Waals surface area (Å²) >= 11 is 3.76. The van der Waals surface area contributed by atoms with Crippen molar-refractivity contribution < 1.29 is 4.42 Å². The molecule has 0 N–H and O–H groups in total. The summed E-state index contributed by atoms with van der Waals surface area (Å²) in [5.41, 5.74) is 7.72. The van der Waals surface area contributed by atoms with E-state index in [1.54, 1.807) is 0 Å². The fourth-order valence-corrected chi connectivity index (χ4v) is 10.2. The van der Waals surface area contributed by atoms with E-state index in [0.717, 1.165) is 27.6 Å². The van der Waals surface area contributed by atoms with Crippen molar-refractivity contribution in [2.75, 3.05) is 0 Å². The third-order valence-electron chi connectivity index (χ3n) is 9.62. The topological polar surface area (TPSA) is 18.1 Å². The molecule has 0 radical (unpaired) electrons. The first-order valence-electron chi connectivity index (χ1n) is 15.5. The molecule has 0 aliphatic carbocycles. The summed E-state index contributed by atoms with van der Waals surface area (Å²) in [7, 11) is 0. The molecule has 0 saturated heterocycles. The lowest BCUT2D eigenvalue weighted by Crippen LogP contribution is -1.94. The molecule has 0 amide bonds. The standard InChI is InChI=1S/C42H23NOS2/c1-4-17-32-30(12-1)39-33(23-22-29-25-11-3-6-21-37(25)46-42(29)39)43(32)34-18-8-16-31-38-26(13-9-19-35(38)44-40(31)34)28-15-7-14-27-24-10-2-5-20-36(24)45-41(27)28/h1-23H. The Hall–Kier alpha value is -5.42. The molecule has 0 saturated carbocycles. The Morgan fingerprint density at radius 3 is 1.89 bits per heavy atom. The van der Waals surface area contributed by atoms with Crippen LogP contribution in [0.2, 0.25) is 0 Å². The van der Waals surface area contributed by atoms with Crippen LogP contribution in [0.1, 0.15) is 0 Å². The van der Waals surface area contributed by atoms with Crippen LogP contribution >= 0.6 is 22.7 Å². The number of nitrogens with zero attached hydrogens (tertiary/aromatic N) is 1. The Kier molecular flexibility index (Phi) is 4.90. The van der Waals surface area contributed by atoms with E-state index in [4.69, 9.17) is 4.42 Å². The molecule has 4 heterocycles. The summed E-state index contributed by atoms with van der Waals surface area (Å²) in [4.78, 5) is 0. The molecule has 4 aromatic heterocycles. The van der Waals surface area contributed by atoms with Crippen molar-refractivity contribution in [3.8, 4) is 16.8 Å². The van der Waals surface area contributed by atoms with Gasteiger partial charge in [0.05, 0.1) is 16.7 Å². The SMILES string of the molecule is c1cc(-c2cccc3c2sc2ccccc23)c2c(c1)oc1c(-n3c4ccccc4c4c5sc6ccccc6c5ccc43)cccc12. The molecule has 11 aromatic rings. The molecular formula is C42H23NOS2. The van der Waals surface area contributed by atoms with Crippen LogP contribution < -0.4 is 0 Å². The van der Waals surface area contributed by atoms with Gasteiger partial charge >= 0.3 is 0 Å². The Labute approximate surface area is 270 Å². The van der Waals surface area contributed by atoms with Gasteiger partial charge in [-0.25, -0.2) is 0 Å². The van der Waals surface area contributed by atoms with Gasteiger partial charge < -0.3 is 8.98 Å². The number of para-hydroxylation sites is 2. The van der Waals surface area contributed by atoms with Gasteiger partial charge in [-0.05, 0) is 42.0 Å². The second kappa shape index (κ2) is 9.07. The minimum atomic E-state index is 0.908. The predicted molar refractivity (Wildman–Crippen MR) is 199 cm³/mol. The summed E-state index contributed by atoms with van der Waals surface area (Å²) in [6.45, 7) is 0. The van der Waals surface area contributed by atoms with Gasteiger partial charge in [0, 0.05) is 67.5 Å². The molecule has 2 nitrogen and oxygen atoms in total. The Balaban J connectivity index is 1.23. The molecule has 0 spiro atoms. The Morgan fingerprint density at radius 2 is 1.04 bits per heavy atom. The van der Waals surface area contributed by atoms with Crippen molar-refractivity contribution in [2.24, 2.45) is 0 Å². The molecule has 0 aliphatic heterocycles. The third kappa shape index (κ3) is 3.20. The smallest absolute Gasteiger partial charge is 0.159 e. The molecule has 0 bridgehead atoms. The van der Waals surface area contributed by atoms with Gasteiger partial charge in [-0.1, -0.05) is 103 Å². The van der Waals surface area contributed by atoms with Gasteiger partial charge in [-0.15, -0.1) is 22.7 Å². The maximum Gasteiger partial charge on any atom is 0.159 e. The first-order valence-corrected chi connectivity index (χ1v) is 17.2. The van der Waals surface area contributed by atoms with Crippen LogP contribution in [-0.2, 0) is 0 Å². The highest BCUT2D eigenvalue weighted by molar-refractivity contribution is 7.27. The van der Waals surface area contributed by atoms with E-state index in [2.05, 4.69) is 144 Å². The number of fused-ring (bicyclic) bond motifs is 13. The van der Waals surface area contributed by atoms with Gasteiger partial charge in [0.2, 0.25) is 0 Å². The largest absolute Gasteiger partial charge is 0.454 e. The number of benzene rings is 7. The number of thiophene rings is 2. The van der Waals surface area contributed by atoms with E-state index in [-0.39, 0.29) is 0 Å². The van der Waals surface area contributed by atoms with Gasteiger partial charge in [-0.2, -0.15) is 0 Å². The van der Waals surface area contributed by atoms with Gasteiger partial charge in [0.25, 0.3) is 0 Å². The molecule has 0 atom stereocenters. The van der Waals surface area contributed by atoms with Crippen molar-refractivity contribution in [3.05, 3.63) is 140 Å². The Bertz CT molecular complexity index is 3040. The van der Waals surface area contributed by atoms with E-state index in [0.29, 0.717) is 0 Å². The normalized spacial score (nSPS) is 12.3.